The summed E-state index contributed by atoms with van der Waals surface area (Å²) in [5.74, 6) is 0.250. The summed E-state index contributed by atoms with van der Waals surface area (Å²) in [6, 6.07) is 19.7. The van der Waals surface area contributed by atoms with Crippen LogP contribution in [0.3, 0.4) is 0 Å². The van der Waals surface area contributed by atoms with E-state index in [-0.39, 0.29) is 5.92 Å². The first-order chi connectivity index (χ1) is 15.3. The average molecular weight is 437 g/mol. The van der Waals surface area contributed by atoms with Crippen LogP contribution in [0.1, 0.15) is 49.8 Å². The Hall–Kier alpha value is -1.72. The smallest absolute Gasteiger partial charge is 0.0847 e. The zero-order chi connectivity index (χ0) is 21.5. The van der Waals surface area contributed by atoms with E-state index in [1.165, 1.54) is 22.1 Å². The normalized spacial score (nSPS) is 18.1. The van der Waals surface area contributed by atoms with Gasteiger partial charge >= 0.3 is 0 Å². The minimum Gasteiger partial charge on any atom is -0.388 e. The van der Waals surface area contributed by atoms with Gasteiger partial charge in [0.15, 0.2) is 0 Å². The standard InChI is InChI=1S/C27H36N2OS/c1-2-3-11-23(27(30)24-20-31-26-13-8-7-12-22(24)26)25(29-18-16-28-17-19-29)15-14-21-9-5-4-6-10-21/h4-10,12-13,20,23,25,27-28,30H,2-3,11,14-19H2,1H3. The molecule has 1 saturated heterocycles. The number of unbranched alkanes of at least 4 members (excludes halogenated alkanes) is 1. The molecule has 0 spiro atoms. The van der Waals surface area contributed by atoms with E-state index in [9.17, 15) is 5.11 Å². The lowest BCUT2D eigenvalue weighted by Gasteiger charge is -2.41. The van der Waals surface area contributed by atoms with Crippen LogP contribution in [0.15, 0.2) is 60.0 Å². The van der Waals surface area contributed by atoms with Gasteiger partial charge in [0.05, 0.1) is 6.10 Å². The third-order valence-corrected chi connectivity index (χ3v) is 7.79. The summed E-state index contributed by atoms with van der Waals surface area (Å²) >= 11 is 1.76. The fourth-order valence-corrected chi connectivity index (χ4v) is 6.09. The molecule has 166 valence electrons. The number of aliphatic hydroxyl groups is 1. The molecule has 31 heavy (non-hydrogen) atoms. The summed E-state index contributed by atoms with van der Waals surface area (Å²) in [6.45, 7) is 6.48. The van der Waals surface area contributed by atoms with Crippen molar-refractivity contribution in [1.29, 1.82) is 0 Å². The Labute approximate surface area is 191 Å². The fraction of sp³-hybridized carbons (Fsp3) is 0.481. The lowest BCUT2D eigenvalue weighted by molar-refractivity contribution is 0.0213. The van der Waals surface area contributed by atoms with Crippen LogP contribution in [0.25, 0.3) is 10.1 Å². The Morgan fingerprint density at radius 2 is 1.74 bits per heavy atom. The molecule has 2 N–H and O–H groups in total. The zero-order valence-corrected chi connectivity index (χ0v) is 19.5. The fourth-order valence-electron chi connectivity index (χ4n) is 5.10. The second kappa shape index (κ2) is 11.2. The van der Waals surface area contributed by atoms with Gasteiger partial charge in [-0.3, -0.25) is 4.90 Å². The minimum atomic E-state index is -0.418. The number of hydrogen-bond donors (Lipinski definition) is 2. The maximum atomic E-state index is 11.8. The molecule has 0 saturated carbocycles. The van der Waals surface area contributed by atoms with Gasteiger partial charge in [0.1, 0.15) is 0 Å². The Morgan fingerprint density at radius 3 is 2.52 bits per heavy atom. The minimum absolute atomic E-state index is 0.250. The molecule has 0 radical (unpaired) electrons. The first-order valence-corrected chi connectivity index (χ1v) is 12.8. The molecule has 1 aliphatic rings. The van der Waals surface area contributed by atoms with E-state index in [2.05, 4.69) is 77.1 Å². The van der Waals surface area contributed by atoms with Crippen molar-refractivity contribution in [1.82, 2.24) is 10.2 Å². The maximum Gasteiger partial charge on any atom is 0.0847 e. The summed E-state index contributed by atoms with van der Waals surface area (Å²) in [5.41, 5.74) is 2.52. The highest BCUT2D eigenvalue weighted by molar-refractivity contribution is 7.17. The number of rotatable bonds is 10. The van der Waals surface area contributed by atoms with Gasteiger partial charge in [0.2, 0.25) is 0 Å². The molecular formula is C27H36N2OS. The van der Waals surface area contributed by atoms with Crippen molar-refractivity contribution in [2.24, 2.45) is 5.92 Å². The van der Waals surface area contributed by atoms with Gasteiger partial charge in [0.25, 0.3) is 0 Å². The van der Waals surface area contributed by atoms with Crippen LogP contribution in [0.4, 0.5) is 0 Å². The summed E-state index contributed by atoms with van der Waals surface area (Å²) in [4.78, 5) is 2.65. The van der Waals surface area contributed by atoms with E-state index in [1.807, 2.05) is 0 Å². The largest absolute Gasteiger partial charge is 0.388 e. The molecule has 2 heterocycles. The molecule has 0 bridgehead atoms. The van der Waals surface area contributed by atoms with Crippen molar-refractivity contribution >= 4 is 21.4 Å². The molecule has 4 heteroatoms. The van der Waals surface area contributed by atoms with Crippen LogP contribution in [-0.4, -0.2) is 42.2 Å². The number of aryl methyl sites for hydroxylation is 1. The summed E-state index contributed by atoms with van der Waals surface area (Å²) in [6.07, 6.45) is 5.15. The Bertz CT molecular complexity index is 919. The Morgan fingerprint density at radius 1 is 1.00 bits per heavy atom. The molecule has 4 rings (SSSR count). The molecule has 1 fully saturated rings. The second-order valence-electron chi connectivity index (χ2n) is 8.82. The highest BCUT2D eigenvalue weighted by atomic mass is 32.1. The van der Waals surface area contributed by atoms with E-state index in [4.69, 9.17) is 0 Å². The molecular weight excluding hydrogens is 400 g/mol. The van der Waals surface area contributed by atoms with Gasteiger partial charge in [-0.05, 0) is 47.2 Å². The molecule has 0 aliphatic carbocycles. The third-order valence-electron chi connectivity index (χ3n) is 6.81. The van der Waals surface area contributed by atoms with Crippen LogP contribution in [-0.2, 0) is 6.42 Å². The van der Waals surface area contributed by atoms with Gasteiger partial charge in [-0.25, -0.2) is 0 Å². The number of aliphatic hydroxyl groups excluding tert-OH is 1. The van der Waals surface area contributed by atoms with Crippen LogP contribution in [0.2, 0.25) is 0 Å². The van der Waals surface area contributed by atoms with Gasteiger partial charge in [0, 0.05) is 42.8 Å². The summed E-state index contributed by atoms with van der Waals surface area (Å²) in [5, 5.41) is 18.7. The molecule has 0 amide bonds. The number of nitrogens with zero attached hydrogens (tertiary/aromatic N) is 1. The van der Waals surface area contributed by atoms with E-state index in [0.29, 0.717) is 6.04 Å². The Kier molecular flexibility index (Phi) is 8.15. The van der Waals surface area contributed by atoms with Crippen LogP contribution in [0, 0.1) is 5.92 Å². The maximum absolute atomic E-state index is 11.8. The van der Waals surface area contributed by atoms with E-state index in [1.54, 1.807) is 11.3 Å². The van der Waals surface area contributed by atoms with Crippen molar-refractivity contribution in [3.8, 4) is 0 Å². The first-order valence-electron chi connectivity index (χ1n) is 11.9. The third kappa shape index (κ3) is 5.56. The van der Waals surface area contributed by atoms with Crippen molar-refractivity contribution in [3.05, 3.63) is 71.1 Å². The van der Waals surface area contributed by atoms with Gasteiger partial charge in [-0.1, -0.05) is 68.3 Å². The van der Waals surface area contributed by atoms with Crippen LogP contribution in [0.5, 0.6) is 0 Å². The predicted molar refractivity (Wildman–Crippen MR) is 133 cm³/mol. The van der Waals surface area contributed by atoms with E-state index >= 15 is 0 Å². The van der Waals surface area contributed by atoms with Gasteiger partial charge in [-0.2, -0.15) is 0 Å². The van der Waals surface area contributed by atoms with E-state index < -0.39 is 6.10 Å². The second-order valence-corrected chi connectivity index (χ2v) is 9.73. The average Bonchev–Trinajstić information content (AvgIpc) is 3.26. The molecule has 3 atom stereocenters. The number of fused-ring (bicyclic) bond motifs is 1. The van der Waals surface area contributed by atoms with Gasteiger partial charge in [-0.15, -0.1) is 11.3 Å². The van der Waals surface area contributed by atoms with Crippen LogP contribution < -0.4 is 5.32 Å². The zero-order valence-electron chi connectivity index (χ0n) is 18.7. The monoisotopic (exact) mass is 436 g/mol. The number of nitrogens with one attached hydrogen (secondary N) is 1. The molecule has 1 aliphatic heterocycles. The van der Waals surface area contributed by atoms with Crippen molar-refractivity contribution in [2.75, 3.05) is 26.2 Å². The van der Waals surface area contributed by atoms with Crippen molar-refractivity contribution in [3.63, 3.8) is 0 Å². The Balaban J connectivity index is 1.62. The molecule has 1 aromatic heterocycles. The first kappa shape index (κ1) is 22.5. The number of benzene rings is 2. The van der Waals surface area contributed by atoms with Gasteiger partial charge < -0.3 is 10.4 Å². The van der Waals surface area contributed by atoms with Crippen molar-refractivity contribution < 1.29 is 5.11 Å². The molecule has 3 aromatic rings. The highest BCUT2D eigenvalue weighted by Crippen LogP contribution is 2.39. The summed E-state index contributed by atoms with van der Waals surface area (Å²) < 4.78 is 1.27. The lowest BCUT2D eigenvalue weighted by atomic mass is 9.81. The number of piperazine rings is 1. The predicted octanol–water partition coefficient (Wildman–Crippen LogP) is 5.65. The quantitative estimate of drug-likeness (QED) is 0.431. The highest BCUT2D eigenvalue weighted by Gasteiger charge is 2.34. The number of thiophene rings is 1. The van der Waals surface area contributed by atoms with Crippen LogP contribution >= 0.6 is 11.3 Å². The lowest BCUT2D eigenvalue weighted by Crippen LogP contribution is -2.52. The molecule has 3 unspecified atom stereocenters. The van der Waals surface area contributed by atoms with E-state index in [0.717, 1.165) is 57.4 Å². The SMILES string of the molecule is CCCCC(C(O)c1csc2ccccc12)C(CCc1ccccc1)N1CCNCC1. The van der Waals surface area contributed by atoms with Crippen molar-refractivity contribution in [2.45, 2.75) is 51.2 Å². The molecule has 2 aromatic carbocycles. The summed E-state index contributed by atoms with van der Waals surface area (Å²) in [7, 11) is 0. The number of hydrogen-bond acceptors (Lipinski definition) is 4. The molecule has 3 nitrogen and oxygen atoms in total. The topological polar surface area (TPSA) is 35.5 Å².